The third-order valence-electron chi connectivity index (χ3n) is 0. The maximum atomic E-state index is 8.42. The first kappa shape index (κ1) is 15.8. The minimum Gasteiger partial charge on any atom is -1.00 e. The van der Waals surface area contributed by atoms with Gasteiger partial charge in [-0.25, -0.2) is 0 Å². The third kappa shape index (κ3) is 109. The zero-order valence-corrected chi connectivity index (χ0v) is 6.57. The summed E-state index contributed by atoms with van der Waals surface area (Å²) in [6.45, 7) is 0. The van der Waals surface area contributed by atoms with Crippen molar-refractivity contribution in [1.82, 2.24) is 0 Å². The molecule has 0 aliphatic rings. The molecule has 0 N–H and O–H groups in total. The molecule has 0 spiro atoms. The van der Waals surface area contributed by atoms with E-state index in [1.54, 1.807) is 0 Å². The van der Waals surface area contributed by atoms with E-state index in [1.165, 1.54) is 0 Å². The van der Waals surface area contributed by atoms with E-state index < -0.39 is 7.32 Å². The molecule has 0 unspecified atom stereocenters. The zero-order chi connectivity index (χ0) is 3.58. The van der Waals surface area contributed by atoms with E-state index in [1.807, 2.05) is 0 Å². The van der Waals surface area contributed by atoms with E-state index in [0.29, 0.717) is 0 Å². The van der Waals surface area contributed by atoms with Gasteiger partial charge in [-0.05, 0) is 0 Å². The first-order valence-electron chi connectivity index (χ1n) is 0.707. The average molecular weight is 285 g/mol. The van der Waals surface area contributed by atoms with Crippen LogP contribution in [0.4, 0.5) is 0 Å². The molecule has 6 heteroatoms. The minimum absolute atomic E-state index is 0. The van der Waals surface area contributed by atoms with Crippen molar-refractivity contribution in [2.75, 3.05) is 0 Å². The fourth-order valence-corrected chi connectivity index (χ4v) is 0. The molecular weight excluding hydrogens is 285 g/mol. The standard InChI is InChI=1S/BO3.FH.Pb/c2-1(3)4;;/h;1H;/q-3;;/p-1. The second-order valence-corrected chi connectivity index (χ2v) is 0.289. The largest absolute Gasteiger partial charge is 1.00 e. The second kappa shape index (κ2) is 9.25. The van der Waals surface area contributed by atoms with Crippen molar-refractivity contribution in [3.05, 3.63) is 0 Å². The van der Waals surface area contributed by atoms with Crippen molar-refractivity contribution in [1.29, 1.82) is 0 Å². The molecule has 0 saturated carbocycles. The van der Waals surface area contributed by atoms with Crippen LogP contribution in [0.15, 0.2) is 0 Å². The van der Waals surface area contributed by atoms with Gasteiger partial charge in [0.15, 0.2) is 0 Å². The van der Waals surface area contributed by atoms with Crippen molar-refractivity contribution in [3.8, 4) is 0 Å². The van der Waals surface area contributed by atoms with Crippen LogP contribution >= 0.6 is 0 Å². The molecule has 0 atom stereocenters. The molecule has 0 aliphatic carbocycles. The normalized spacial score (nSPS) is 4.50. The number of halogens is 1. The Hall–Kier alpha value is 0.797. The Labute approximate surface area is 54.7 Å². The van der Waals surface area contributed by atoms with Crippen LogP contribution in [0, 0.1) is 0 Å². The molecule has 0 heterocycles. The minimum atomic E-state index is -2.92. The van der Waals surface area contributed by atoms with Crippen LogP contribution in [-0.4, -0.2) is 34.6 Å². The van der Waals surface area contributed by atoms with Crippen LogP contribution in [0.25, 0.3) is 0 Å². The predicted octanol–water partition coefficient (Wildman–Crippen LogP) is -7.32. The molecule has 0 rings (SSSR count). The summed E-state index contributed by atoms with van der Waals surface area (Å²) in [4.78, 5) is 0. The van der Waals surface area contributed by atoms with Gasteiger partial charge >= 0.3 is 0 Å². The van der Waals surface area contributed by atoms with Gasteiger partial charge in [-0.1, -0.05) is 0 Å². The van der Waals surface area contributed by atoms with Crippen molar-refractivity contribution >= 4 is 34.6 Å². The van der Waals surface area contributed by atoms with E-state index in [2.05, 4.69) is 0 Å². The third-order valence-corrected chi connectivity index (χ3v) is 0. The summed E-state index contributed by atoms with van der Waals surface area (Å²) in [5.41, 5.74) is 0. The van der Waals surface area contributed by atoms with Gasteiger partial charge in [0.25, 0.3) is 0 Å². The maximum absolute atomic E-state index is 8.42. The monoisotopic (exact) mass is 286 g/mol. The van der Waals surface area contributed by atoms with E-state index in [9.17, 15) is 0 Å². The first-order valence-corrected chi connectivity index (χ1v) is 0.707. The second-order valence-electron chi connectivity index (χ2n) is 0.289. The van der Waals surface area contributed by atoms with Crippen molar-refractivity contribution in [2.45, 2.75) is 0 Å². The molecular formula is BFO3Pb-4. The fraction of sp³-hybridized carbons (Fsp3) is 0. The first-order chi connectivity index (χ1) is 1.73. The predicted molar refractivity (Wildman–Crippen MR) is 11.5 cm³/mol. The summed E-state index contributed by atoms with van der Waals surface area (Å²) in [6.07, 6.45) is 0. The molecule has 3 nitrogen and oxygen atoms in total. The Balaban J connectivity index is -0.0000000450. The molecule has 0 aromatic carbocycles. The molecule has 4 radical (unpaired) electrons. The number of hydrogen-bond donors (Lipinski definition) is 0. The zero-order valence-electron chi connectivity index (χ0n) is 2.68. The molecule has 0 aromatic heterocycles. The molecule has 0 fully saturated rings. The average Bonchev–Trinajstić information content (AvgIpc) is 0.811. The van der Waals surface area contributed by atoms with Crippen molar-refractivity contribution in [3.63, 3.8) is 0 Å². The smallest absolute Gasteiger partial charge is 0 e. The van der Waals surface area contributed by atoms with E-state index >= 15 is 0 Å². The van der Waals surface area contributed by atoms with Gasteiger partial charge in [0.1, 0.15) is 0 Å². The summed E-state index contributed by atoms with van der Waals surface area (Å²) in [7, 11) is -2.92. The molecule has 0 aromatic rings. The van der Waals surface area contributed by atoms with E-state index in [-0.39, 0.29) is 32.0 Å². The number of rotatable bonds is 0. The van der Waals surface area contributed by atoms with Gasteiger partial charge in [-0.15, -0.1) is 0 Å². The van der Waals surface area contributed by atoms with Crippen LogP contribution in [0.5, 0.6) is 0 Å². The van der Waals surface area contributed by atoms with Gasteiger partial charge in [0, 0.05) is 27.3 Å². The Morgan fingerprint density at radius 3 is 1.00 bits per heavy atom. The molecule has 0 saturated heterocycles. The topological polar surface area (TPSA) is 69.2 Å². The summed E-state index contributed by atoms with van der Waals surface area (Å²) in [5.74, 6) is 0. The Kier molecular flexibility index (Phi) is 24.4. The van der Waals surface area contributed by atoms with Crippen molar-refractivity contribution in [2.24, 2.45) is 0 Å². The quantitative estimate of drug-likeness (QED) is 0.415. The van der Waals surface area contributed by atoms with E-state index in [0.717, 1.165) is 0 Å². The summed E-state index contributed by atoms with van der Waals surface area (Å²) in [5, 5.41) is 25.2. The van der Waals surface area contributed by atoms with Gasteiger partial charge in [-0.3, -0.25) is 7.32 Å². The van der Waals surface area contributed by atoms with Crippen molar-refractivity contribution < 1.29 is 19.8 Å². The summed E-state index contributed by atoms with van der Waals surface area (Å²) < 4.78 is 0. The molecule has 0 aliphatic heterocycles. The summed E-state index contributed by atoms with van der Waals surface area (Å²) in [6, 6.07) is 0. The Morgan fingerprint density at radius 2 is 1.00 bits per heavy atom. The number of hydrogen-bond acceptors (Lipinski definition) is 3. The SMILES string of the molecule is [F-].[O-]B([O-])[O-].[Pb]. The van der Waals surface area contributed by atoms with Gasteiger partial charge < -0.3 is 19.8 Å². The molecule has 0 amide bonds. The van der Waals surface area contributed by atoms with Crippen LogP contribution in [0.2, 0.25) is 0 Å². The van der Waals surface area contributed by atoms with Gasteiger partial charge in [0.05, 0.1) is 0 Å². The Bertz CT molecular complexity index is 15.5. The van der Waals surface area contributed by atoms with Crippen LogP contribution in [0.3, 0.4) is 0 Å². The summed E-state index contributed by atoms with van der Waals surface area (Å²) >= 11 is 0. The van der Waals surface area contributed by atoms with Gasteiger partial charge in [-0.2, -0.15) is 0 Å². The fourth-order valence-electron chi connectivity index (χ4n) is 0. The maximum Gasteiger partial charge on any atom is 0 e. The van der Waals surface area contributed by atoms with Crippen LogP contribution < -0.4 is 19.8 Å². The molecule has 36 valence electrons. The van der Waals surface area contributed by atoms with Crippen LogP contribution in [0.1, 0.15) is 0 Å². The van der Waals surface area contributed by atoms with Crippen LogP contribution in [-0.2, 0) is 0 Å². The van der Waals surface area contributed by atoms with E-state index in [4.69, 9.17) is 15.1 Å². The Morgan fingerprint density at radius 1 is 1.00 bits per heavy atom. The molecule has 0 bridgehead atoms. The van der Waals surface area contributed by atoms with Gasteiger partial charge in [0.2, 0.25) is 0 Å². The molecule has 6 heavy (non-hydrogen) atoms.